The van der Waals surface area contributed by atoms with Crippen LogP contribution in [0.25, 0.3) is 0 Å². The van der Waals surface area contributed by atoms with Crippen molar-refractivity contribution < 1.29 is 9.18 Å². The van der Waals surface area contributed by atoms with Crippen LogP contribution >= 0.6 is 0 Å². The molecule has 0 spiro atoms. The lowest BCUT2D eigenvalue weighted by molar-refractivity contribution is -0.121. The molecular weight excluding hydrogens is 107 g/mol. The fourth-order valence-electron chi connectivity index (χ4n) is 0.972. The number of hydrogen-bond donors (Lipinski definition) is 0. The van der Waals surface area contributed by atoms with Crippen LogP contribution in [0.2, 0.25) is 0 Å². The van der Waals surface area contributed by atoms with Gasteiger partial charge in [0, 0.05) is 12.8 Å². The van der Waals surface area contributed by atoms with Crippen LogP contribution in [-0.2, 0) is 4.79 Å². The van der Waals surface area contributed by atoms with E-state index < -0.39 is 6.17 Å². The number of alkyl halides is 1. The Morgan fingerprint density at radius 2 is 2.38 bits per heavy atom. The zero-order valence-corrected chi connectivity index (χ0v) is 4.69. The van der Waals surface area contributed by atoms with Gasteiger partial charge in [-0.05, 0) is 12.8 Å². The monoisotopic (exact) mass is 116 g/mol. The van der Waals surface area contributed by atoms with Gasteiger partial charge in [0.25, 0.3) is 0 Å². The van der Waals surface area contributed by atoms with Crippen molar-refractivity contribution in [2.45, 2.75) is 31.9 Å². The Morgan fingerprint density at radius 1 is 1.62 bits per heavy atom. The lowest BCUT2D eigenvalue weighted by Crippen LogP contribution is -2.14. The van der Waals surface area contributed by atoms with Gasteiger partial charge >= 0.3 is 0 Å². The molecule has 46 valence electrons. The molecule has 2 heteroatoms. The van der Waals surface area contributed by atoms with Crippen molar-refractivity contribution in [3.8, 4) is 0 Å². The normalized spacial score (nSPS) is 30.6. The first-order valence-electron chi connectivity index (χ1n) is 2.95. The highest BCUT2D eigenvalue weighted by molar-refractivity contribution is 5.79. The van der Waals surface area contributed by atoms with Gasteiger partial charge in [0.2, 0.25) is 0 Å². The Labute approximate surface area is 47.9 Å². The maximum atomic E-state index is 12.2. The van der Waals surface area contributed by atoms with Crippen molar-refractivity contribution in [1.82, 2.24) is 0 Å². The molecule has 0 heterocycles. The average molecular weight is 116 g/mol. The molecule has 0 aliphatic heterocycles. The third-order valence-corrected chi connectivity index (χ3v) is 1.42. The van der Waals surface area contributed by atoms with Crippen molar-refractivity contribution in [3.05, 3.63) is 0 Å². The number of ketones is 1. The lowest BCUT2D eigenvalue weighted by atomic mass is 9.98. The SMILES string of the molecule is O=C1CCCC(F)C1. The standard InChI is InChI=1S/C6H9FO/c7-5-2-1-3-6(8)4-5/h5H,1-4H2. The number of Topliss-reactive ketones (excluding diaryl/α,β-unsaturated/α-hetero) is 1. The Hall–Kier alpha value is -0.400. The second-order valence-corrected chi connectivity index (χ2v) is 2.23. The summed E-state index contributed by atoms with van der Waals surface area (Å²) in [5.41, 5.74) is 0. The molecule has 1 aliphatic carbocycles. The molecule has 0 aromatic carbocycles. The molecule has 8 heavy (non-hydrogen) atoms. The van der Waals surface area contributed by atoms with Crippen LogP contribution in [0.4, 0.5) is 4.39 Å². The van der Waals surface area contributed by atoms with Crippen molar-refractivity contribution in [3.63, 3.8) is 0 Å². The van der Waals surface area contributed by atoms with E-state index in [9.17, 15) is 9.18 Å². The van der Waals surface area contributed by atoms with E-state index in [2.05, 4.69) is 0 Å². The van der Waals surface area contributed by atoms with Gasteiger partial charge in [-0.2, -0.15) is 0 Å². The number of carbonyl (C=O) groups is 1. The van der Waals surface area contributed by atoms with E-state index in [1.165, 1.54) is 0 Å². The molecule has 1 fully saturated rings. The highest BCUT2D eigenvalue weighted by Crippen LogP contribution is 2.16. The molecule has 0 radical (unpaired) electrons. The minimum absolute atomic E-state index is 0.0868. The Bertz CT molecular complexity index is 101. The second kappa shape index (κ2) is 2.25. The van der Waals surface area contributed by atoms with Gasteiger partial charge < -0.3 is 0 Å². The molecule has 0 amide bonds. The first-order valence-corrected chi connectivity index (χ1v) is 2.95. The minimum atomic E-state index is -0.837. The zero-order chi connectivity index (χ0) is 5.98. The summed E-state index contributed by atoms with van der Waals surface area (Å²) >= 11 is 0. The fraction of sp³-hybridized carbons (Fsp3) is 0.833. The minimum Gasteiger partial charge on any atom is -0.300 e. The summed E-state index contributed by atoms with van der Waals surface area (Å²) in [5.74, 6) is 0.0868. The largest absolute Gasteiger partial charge is 0.300 e. The van der Waals surface area contributed by atoms with E-state index >= 15 is 0 Å². The summed E-state index contributed by atoms with van der Waals surface area (Å²) in [6.45, 7) is 0. The Balaban J connectivity index is 2.34. The summed E-state index contributed by atoms with van der Waals surface area (Å²) in [6.07, 6.45) is 1.27. The number of halogens is 1. The number of rotatable bonds is 0. The molecule has 0 saturated heterocycles. The lowest BCUT2D eigenvalue weighted by Gasteiger charge is -2.11. The average Bonchev–Trinajstić information content (AvgIpc) is 1.64. The van der Waals surface area contributed by atoms with Crippen LogP contribution < -0.4 is 0 Å². The van der Waals surface area contributed by atoms with E-state index in [-0.39, 0.29) is 12.2 Å². The van der Waals surface area contributed by atoms with Crippen LogP contribution in [0, 0.1) is 0 Å². The van der Waals surface area contributed by atoms with Gasteiger partial charge in [-0.15, -0.1) is 0 Å². The number of carbonyl (C=O) groups excluding carboxylic acids is 1. The molecule has 0 bridgehead atoms. The van der Waals surface area contributed by atoms with E-state index in [4.69, 9.17) is 0 Å². The summed E-state index contributed by atoms with van der Waals surface area (Å²) in [6, 6.07) is 0. The van der Waals surface area contributed by atoms with Gasteiger partial charge in [-0.3, -0.25) is 4.79 Å². The molecule has 0 aromatic heterocycles. The van der Waals surface area contributed by atoms with Gasteiger partial charge in [0.15, 0.2) is 0 Å². The van der Waals surface area contributed by atoms with Crippen LogP contribution in [0.5, 0.6) is 0 Å². The Morgan fingerprint density at radius 3 is 2.75 bits per heavy atom. The Kier molecular flexibility index (Phi) is 1.61. The maximum absolute atomic E-state index is 12.2. The molecule has 1 nitrogen and oxygen atoms in total. The van der Waals surface area contributed by atoms with Crippen molar-refractivity contribution in [2.24, 2.45) is 0 Å². The highest BCUT2D eigenvalue weighted by atomic mass is 19.1. The van der Waals surface area contributed by atoms with Crippen molar-refractivity contribution in [2.75, 3.05) is 0 Å². The zero-order valence-electron chi connectivity index (χ0n) is 4.69. The molecule has 1 aliphatic rings. The molecule has 1 unspecified atom stereocenters. The number of hydrogen-bond acceptors (Lipinski definition) is 1. The van der Waals surface area contributed by atoms with Crippen LogP contribution in [0.15, 0.2) is 0 Å². The third-order valence-electron chi connectivity index (χ3n) is 1.42. The smallest absolute Gasteiger partial charge is 0.135 e. The van der Waals surface area contributed by atoms with Crippen LogP contribution in [0.3, 0.4) is 0 Å². The summed E-state index contributed by atoms with van der Waals surface area (Å²) in [4.78, 5) is 10.4. The molecular formula is C6H9FO. The second-order valence-electron chi connectivity index (χ2n) is 2.23. The summed E-state index contributed by atoms with van der Waals surface area (Å²) < 4.78 is 12.2. The van der Waals surface area contributed by atoms with Gasteiger partial charge in [0.05, 0.1) is 0 Å². The van der Waals surface area contributed by atoms with Crippen molar-refractivity contribution >= 4 is 5.78 Å². The summed E-state index contributed by atoms with van der Waals surface area (Å²) in [5, 5.41) is 0. The van der Waals surface area contributed by atoms with Gasteiger partial charge in [0.1, 0.15) is 12.0 Å². The molecule has 1 saturated carbocycles. The van der Waals surface area contributed by atoms with Gasteiger partial charge in [-0.1, -0.05) is 0 Å². The van der Waals surface area contributed by atoms with Gasteiger partial charge in [-0.25, -0.2) is 4.39 Å². The van der Waals surface area contributed by atoms with E-state index in [0.29, 0.717) is 12.8 Å². The first-order chi connectivity index (χ1) is 3.79. The van der Waals surface area contributed by atoms with Crippen molar-refractivity contribution in [1.29, 1.82) is 0 Å². The van der Waals surface area contributed by atoms with E-state index in [1.807, 2.05) is 0 Å². The topological polar surface area (TPSA) is 17.1 Å². The van der Waals surface area contributed by atoms with E-state index in [1.54, 1.807) is 0 Å². The molecule has 0 N–H and O–H groups in total. The van der Waals surface area contributed by atoms with E-state index in [0.717, 1.165) is 6.42 Å². The first kappa shape index (κ1) is 5.73. The third kappa shape index (κ3) is 1.29. The predicted octanol–water partition coefficient (Wildman–Crippen LogP) is 1.47. The fourth-order valence-corrected chi connectivity index (χ4v) is 0.972. The molecule has 1 atom stereocenters. The van der Waals surface area contributed by atoms with Crippen LogP contribution in [-0.4, -0.2) is 12.0 Å². The quantitative estimate of drug-likeness (QED) is 0.468. The molecule has 1 rings (SSSR count). The van der Waals surface area contributed by atoms with Crippen LogP contribution in [0.1, 0.15) is 25.7 Å². The highest BCUT2D eigenvalue weighted by Gasteiger charge is 2.17. The predicted molar refractivity (Wildman–Crippen MR) is 28.4 cm³/mol. The maximum Gasteiger partial charge on any atom is 0.135 e. The summed E-state index contributed by atoms with van der Waals surface area (Å²) in [7, 11) is 0. The molecule has 0 aromatic rings.